The lowest BCUT2D eigenvalue weighted by Crippen LogP contribution is -2.52. The molecule has 8 heavy (non-hydrogen) atoms. The van der Waals surface area contributed by atoms with Gasteiger partial charge in [0.1, 0.15) is 0 Å². The number of alkyl halides is 2. The average Bonchev–Trinajstić information content (AvgIpc) is 1.62. The molecule has 0 saturated heterocycles. The standard InChI is InChI=1S/C4H10F2N2/c1-2-3(5)4(6,7)8/h3H,2,7-8H2,1H3. The average molecular weight is 124 g/mol. The van der Waals surface area contributed by atoms with Gasteiger partial charge in [0.05, 0.1) is 0 Å². The molecule has 0 heterocycles. The van der Waals surface area contributed by atoms with Crippen molar-refractivity contribution >= 4 is 0 Å². The quantitative estimate of drug-likeness (QED) is 0.410. The molecule has 0 aliphatic heterocycles. The van der Waals surface area contributed by atoms with Crippen molar-refractivity contribution in [1.82, 2.24) is 0 Å². The molecule has 0 amide bonds. The van der Waals surface area contributed by atoms with Crippen LogP contribution in [0.3, 0.4) is 0 Å². The molecule has 1 atom stereocenters. The summed E-state index contributed by atoms with van der Waals surface area (Å²) in [5, 5.41) is 0. The van der Waals surface area contributed by atoms with Crippen LogP contribution in [-0.2, 0) is 0 Å². The van der Waals surface area contributed by atoms with Crippen LogP contribution in [0.2, 0.25) is 0 Å². The summed E-state index contributed by atoms with van der Waals surface area (Å²) in [5.41, 5.74) is 9.05. The Morgan fingerprint density at radius 2 is 2.00 bits per heavy atom. The second-order valence-electron chi connectivity index (χ2n) is 1.70. The van der Waals surface area contributed by atoms with Crippen molar-refractivity contribution in [2.45, 2.75) is 25.4 Å². The third kappa shape index (κ3) is 2.18. The van der Waals surface area contributed by atoms with Gasteiger partial charge < -0.3 is 0 Å². The van der Waals surface area contributed by atoms with Gasteiger partial charge in [0.15, 0.2) is 6.17 Å². The van der Waals surface area contributed by atoms with Crippen molar-refractivity contribution in [3.8, 4) is 0 Å². The Balaban J connectivity index is 3.62. The fraction of sp³-hybridized carbons (Fsp3) is 1.00. The fourth-order valence-corrected chi connectivity index (χ4v) is 0.313. The minimum atomic E-state index is -2.66. The lowest BCUT2D eigenvalue weighted by atomic mass is 10.2. The van der Waals surface area contributed by atoms with E-state index in [-0.39, 0.29) is 6.42 Å². The third-order valence-electron chi connectivity index (χ3n) is 0.839. The minimum absolute atomic E-state index is 0.00347. The molecule has 4 heteroatoms. The molecule has 0 rings (SSSR count). The topological polar surface area (TPSA) is 52.0 Å². The van der Waals surface area contributed by atoms with Gasteiger partial charge in [-0.1, -0.05) is 6.92 Å². The van der Waals surface area contributed by atoms with Crippen molar-refractivity contribution in [3.05, 3.63) is 0 Å². The lowest BCUT2D eigenvalue weighted by molar-refractivity contribution is 0.0590. The van der Waals surface area contributed by atoms with Crippen molar-refractivity contribution in [2.24, 2.45) is 11.5 Å². The zero-order valence-electron chi connectivity index (χ0n) is 4.70. The van der Waals surface area contributed by atoms with Crippen molar-refractivity contribution < 1.29 is 8.78 Å². The van der Waals surface area contributed by atoms with Gasteiger partial charge in [-0.2, -0.15) is 0 Å². The van der Waals surface area contributed by atoms with Crippen molar-refractivity contribution in [3.63, 3.8) is 0 Å². The maximum Gasteiger partial charge on any atom is 0.242 e. The Labute approximate surface area is 46.8 Å². The maximum absolute atomic E-state index is 12.0. The first kappa shape index (κ1) is 7.78. The summed E-state index contributed by atoms with van der Waals surface area (Å²) >= 11 is 0. The first-order valence-electron chi connectivity index (χ1n) is 2.39. The molecule has 4 N–H and O–H groups in total. The number of nitrogens with two attached hydrogens (primary N) is 2. The van der Waals surface area contributed by atoms with E-state index < -0.39 is 12.1 Å². The molecular weight excluding hydrogens is 114 g/mol. The maximum atomic E-state index is 12.0. The fourth-order valence-electron chi connectivity index (χ4n) is 0.313. The van der Waals surface area contributed by atoms with Gasteiger partial charge in [-0.3, -0.25) is 11.5 Å². The predicted octanol–water partition coefficient (Wildman–Crippen LogP) is 0.275. The summed E-state index contributed by atoms with van der Waals surface area (Å²) in [7, 11) is 0. The van der Waals surface area contributed by atoms with E-state index in [0.717, 1.165) is 0 Å². The van der Waals surface area contributed by atoms with Crippen LogP contribution in [0.1, 0.15) is 13.3 Å². The lowest BCUT2D eigenvalue weighted by Gasteiger charge is -2.16. The molecule has 0 bridgehead atoms. The zero-order valence-corrected chi connectivity index (χ0v) is 4.70. The molecule has 50 valence electrons. The smallest absolute Gasteiger partial charge is 0.242 e. The molecular formula is C4H10F2N2. The summed E-state index contributed by atoms with van der Waals surface area (Å²) in [6, 6.07) is 0. The first-order chi connectivity index (χ1) is 3.48. The summed E-state index contributed by atoms with van der Waals surface area (Å²) < 4.78 is 24.0. The van der Waals surface area contributed by atoms with Crippen LogP contribution in [0.15, 0.2) is 0 Å². The van der Waals surface area contributed by atoms with Gasteiger partial charge in [-0.25, -0.2) is 8.78 Å². The Morgan fingerprint density at radius 1 is 1.62 bits per heavy atom. The third-order valence-corrected chi connectivity index (χ3v) is 0.839. The molecule has 0 aromatic rings. The Kier molecular flexibility index (Phi) is 2.30. The molecule has 0 aliphatic carbocycles. The number of rotatable bonds is 2. The van der Waals surface area contributed by atoms with Gasteiger partial charge in [-0.05, 0) is 6.42 Å². The van der Waals surface area contributed by atoms with Crippen molar-refractivity contribution in [2.75, 3.05) is 0 Å². The molecule has 0 spiro atoms. The monoisotopic (exact) mass is 124 g/mol. The Morgan fingerprint density at radius 3 is 2.00 bits per heavy atom. The van der Waals surface area contributed by atoms with E-state index in [1.807, 2.05) is 0 Å². The van der Waals surface area contributed by atoms with E-state index in [9.17, 15) is 8.78 Å². The second kappa shape index (κ2) is 2.37. The van der Waals surface area contributed by atoms with Gasteiger partial charge in [-0.15, -0.1) is 0 Å². The highest BCUT2D eigenvalue weighted by Gasteiger charge is 2.28. The summed E-state index contributed by atoms with van der Waals surface area (Å²) in [6.07, 6.45) is -1.76. The van der Waals surface area contributed by atoms with Gasteiger partial charge in [0.2, 0.25) is 5.92 Å². The van der Waals surface area contributed by atoms with Crippen LogP contribution in [0, 0.1) is 0 Å². The molecule has 0 saturated carbocycles. The van der Waals surface area contributed by atoms with E-state index in [1.54, 1.807) is 0 Å². The van der Waals surface area contributed by atoms with E-state index in [0.29, 0.717) is 0 Å². The van der Waals surface area contributed by atoms with E-state index in [2.05, 4.69) is 11.5 Å². The minimum Gasteiger partial charge on any atom is -0.284 e. The van der Waals surface area contributed by atoms with E-state index in [4.69, 9.17) is 0 Å². The van der Waals surface area contributed by atoms with Crippen LogP contribution in [-0.4, -0.2) is 12.1 Å². The van der Waals surface area contributed by atoms with Gasteiger partial charge in [0, 0.05) is 0 Å². The SMILES string of the molecule is CCC(F)C(N)(N)F. The number of hydrogen-bond donors (Lipinski definition) is 2. The summed E-state index contributed by atoms with van der Waals surface area (Å²) in [6.45, 7) is 1.47. The van der Waals surface area contributed by atoms with Crippen LogP contribution < -0.4 is 11.5 Å². The van der Waals surface area contributed by atoms with Crippen LogP contribution in [0.25, 0.3) is 0 Å². The molecule has 0 fully saturated rings. The molecule has 0 aromatic heterocycles. The van der Waals surface area contributed by atoms with Gasteiger partial charge in [0.25, 0.3) is 0 Å². The molecule has 0 aromatic carbocycles. The number of hydrogen-bond acceptors (Lipinski definition) is 2. The van der Waals surface area contributed by atoms with Crippen LogP contribution in [0.4, 0.5) is 8.78 Å². The largest absolute Gasteiger partial charge is 0.284 e. The molecule has 0 radical (unpaired) electrons. The first-order valence-corrected chi connectivity index (χ1v) is 2.39. The number of halogens is 2. The van der Waals surface area contributed by atoms with Gasteiger partial charge >= 0.3 is 0 Å². The molecule has 1 unspecified atom stereocenters. The highest BCUT2D eigenvalue weighted by molar-refractivity contribution is 4.71. The second-order valence-corrected chi connectivity index (χ2v) is 1.70. The van der Waals surface area contributed by atoms with E-state index in [1.165, 1.54) is 6.92 Å². The highest BCUT2D eigenvalue weighted by Crippen LogP contribution is 2.08. The highest BCUT2D eigenvalue weighted by atomic mass is 19.2. The summed E-state index contributed by atoms with van der Waals surface area (Å²) in [5.74, 6) is -2.66. The molecule has 2 nitrogen and oxygen atoms in total. The molecule has 0 aliphatic rings. The van der Waals surface area contributed by atoms with E-state index >= 15 is 0 Å². The Hall–Kier alpha value is -0.220. The summed E-state index contributed by atoms with van der Waals surface area (Å²) in [4.78, 5) is 0. The van der Waals surface area contributed by atoms with Crippen molar-refractivity contribution in [1.29, 1.82) is 0 Å². The predicted molar refractivity (Wildman–Crippen MR) is 27.4 cm³/mol. The zero-order chi connectivity index (χ0) is 6.78. The van der Waals surface area contributed by atoms with Crippen LogP contribution >= 0.6 is 0 Å². The van der Waals surface area contributed by atoms with Crippen LogP contribution in [0.5, 0.6) is 0 Å². The normalized spacial score (nSPS) is 16.1. The Bertz CT molecular complexity index is 68.9.